The highest BCUT2D eigenvalue weighted by atomic mass is 35.5. The SMILES string of the molecule is CSC(C)CNS(=O)(=O)c1ccc(C(N)=S)c(Cl)c1. The second-order valence-electron chi connectivity index (χ2n) is 3.90. The Bertz CT molecular complexity index is 575. The molecule has 0 spiro atoms. The van der Waals surface area contributed by atoms with Crippen LogP contribution in [0.3, 0.4) is 0 Å². The smallest absolute Gasteiger partial charge is 0.240 e. The molecular weight excluding hydrogens is 324 g/mol. The molecule has 1 unspecified atom stereocenters. The van der Waals surface area contributed by atoms with E-state index in [4.69, 9.17) is 29.6 Å². The Morgan fingerprint density at radius 3 is 2.68 bits per heavy atom. The summed E-state index contributed by atoms with van der Waals surface area (Å²) in [5.74, 6) is 0. The van der Waals surface area contributed by atoms with Crippen molar-refractivity contribution in [1.29, 1.82) is 0 Å². The molecule has 0 saturated carbocycles. The minimum atomic E-state index is -3.56. The molecule has 1 atom stereocenters. The Morgan fingerprint density at radius 2 is 2.21 bits per heavy atom. The molecule has 0 aromatic heterocycles. The van der Waals surface area contributed by atoms with Crippen LogP contribution < -0.4 is 10.5 Å². The number of rotatable bonds is 6. The van der Waals surface area contributed by atoms with Crippen molar-refractivity contribution in [2.75, 3.05) is 12.8 Å². The van der Waals surface area contributed by atoms with Gasteiger partial charge in [-0.25, -0.2) is 13.1 Å². The maximum absolute atomic E-state index is 12.0. The van der Waals surface area contributed by atoms with Crippen LogP contribution in [0.2, 0.25) is 5.02 Å². The minimum absolute atomic E-state index is 0.103. The van der Waals surface area contributed by atoms with Gasteiger partial charge in [-0.05, 0) is 24.5 Å². The zero-order chi connectivity index (χ0) is 14.6. The summed E-state index contributed by atoms with van der Waals surface area (Å²) in [6.07, 6.45) is 1.92. The van der Waals surface area contributed by atoms with E-state index in [1.54, 1.807) is 11.8 Å². The minimum Gasteiger partial charge on any atom is -0.389 e. The molecule has 0 aliphatic rings. The summed E-state index contributed by atoms with van der Waals surface area (Å²) in [4.78, 5) is 0.240. The molecule has 3 N–H and O–H groups in total. The second kappa shape index (κ2) is 6.90. The van der Waals surface area contributed by atoms with Gasteiger partial charge in [-0.2, -0.15) is 11.8 Å². The monoisotopic (exact) mass is 338 g/mol. The first kappa shape index (κ1) is 16.7. The van der Waals surface area contributed by atoms with E-state index in [0.717, 1.165) is 0 Å². The van der Waals surface area contributed by atoms with Crippen LogP contribution in [-0.2, 0) is 10.0 Å². The van der Waals surface area contributed by atoms with E-state index < -0.39 is 10.0 Å². The van der Waals surface area contributed by atoms with Crippen LogP contribution >= 0.6 is 35.6 Å². The fraction of sp³-hybridized carbons (Fsp3) is 0.364. The predicted molar refractivity (Wildman–Crippen MR) is 85.5 cm³/mol. The number of thioether (sulfide) groups is 1. The van der Waals surface area contributed by atoms with Crippen molar-refractivity contribution in [1.82, 2.24) is 4.72 Å². The highest BCUT2D eigenvalue weighted by Gasteiger charge is 2.17. The highest BCUT2D eigenvalue weighted by Crippen LogP contribution is 2.21. The number of hydrogen-bond acceptors (Lipinski definition) is 4. The van der Waals surface area contributed by atoms with Gasteiger partial charge in [-0.3, -0.25) is 0 Å². The van der Waals surface area contributed by atoms with Gasteiger partial charge in [-0.1, -0.05) is 30.7 Å². The van der Waals surface area contributed by atoms with Crippen molar-refractivity contribution in [3.8, 4) is 0 Å². The van der Waals surface area contributed by atoms with E-state index in [-0.39, 0.29) is 20.2 Å². The Labute approximate surface area is 128 Å². The average molecular weight is 339 g/mol. The van der Waals surface area contributed by atoms with Crippen molar-refractivity contribution in [2.24, 2.45) is 5.73 Å². The van der Waals surface area contributed by atoms with Crippen molar-refractivity contribution in [3.05, 3.63) is 28.8 Å². The zero-order valence-corrected chi connectivity index (χ0v) is 13.7. The number of hydrogen-bond donors (Lipinski definition) is 2. The van der Waals surface area contributed by atoms with Gasteiger partial charge in [-0.15, -0.1) is 0 Å². The van der Waals surface area contributed by atoms with Crippen LogP contribution in [0, 0.1) is 0 Å². The summed E-state index contributed by atoms with van der Waals surface area (Å²) < 4.78 is 26.6. The molecule has 0 aliphatic carbocycles. The number of nitrogens with two attached hydrogens (primary N) is 1. The first-order valence-corrected chi connectivity index (χ1v) is 8.95. The molecule has 106 valence electrons. The Hall–Kier alpha value is -0.340. The second-order valence-corrected chi connectivity index (χ2v) is 7.79. The van der Waals surface area contributed by atoms with Gasteiger partial charge in [0.15, 0.2) is 0 Å². The third-order valence-corrected chi connectivity index (χ3v) is 5.40. The molecule has 0 radical (unpaired) electrons. The molecule has 1 rings (SSSR count). The summed E-state index contributed by atoms with van der Waals surface area (Å²) in [5.41, 5.74) is 5.94. The Balaban J connectivity index is 2.96. The zero-order valence-electron chi connectivity index (χ0n) is 10.5. The number of sulfonamides is 1. The lowest BCUT2D eigenvalue weighted by molar-refractivity contribution is 0.581. The summed E-state index contributed by atoms with van der Waals surface area (Å²) in [5, 5.41) is 0.425. The number of benzene rings is 1. The van der Waals surface area contributed by atoms with Gasteiger partial charge in [0.05, 0.1) is 9.92 Å². The number of thiocarbonyl (C=S) groups is 1. The van der Waals surface area contributed by atoms with Crippen molar-refractivity contribution < 1.29 is 8.42 Å². The van der Waals surface area contributed by atoms with Gasteiger partial charge in [0.25, 0.3) is 0 Å². The van der Waals surface area contributed by atoms with Crippen molar-refractivity contribution >= 4 is 50.6 Å². The van der Waals surface area contributed by atoms with Crippen LogP contribution in [0.5, 0.6) is 0 Å². The predicted octanol–water partition coefficient (Wildman–Crippen LogP) is 2.00. The average Bonchev–Trinajstić information content (AvgIpc) is 2.35. The molecule has 0 bridgehead atoms. The van der Waals surface area contributed by atoms with E-state index in [0.29, 0.717) is 12.1 Å². The standard InChI is InChI=1S/C11H15ClN2O2S3/c1-7(18-2)6-14-19(15,16)8-3-4-9(11(13)17)10(12)5-8/h3-5,7,14H,6H2,1-2H3,(H2,13,17). The van der Waals surface area contributed by atoms with Gasteiger partial charge in [0.1, 0.15) is 4.99 Å². The van der Waals surface area contributed by atoms with Crippen LogP contribution in [-0.4, -0.2) is 31.5 Å². The molecule has 0 saturated heterocycles. The van der Waals surface area contributed by atoms with Crippen molar-refractivity contribution in [3.63, 3.8) is 0 Å². The molecule has 1 aromatic rings. The number of halogens is 1. The van der Waals surface area contributed by atoms with Gasteiger partial charge in [0.2, 0.25) is 10.0 Å². The van der Waals surface area contributed by atoms with Crippen molar-refractivity contribution in [2.45, 2.75) is 17.1 Å². The van der Waals surface area contributed by atoms with E-state index in [1.807, 2.05) is 13.2 Å². The summed E-state index contributed by atoms with van der Waals surface area (Å²) in [7, 11) is -3.56. The van der Waals surface area contributed by atoms with Gasteiger partial charge >= 0.3 is 0 Å². The summed E-state index contributed by atoms with van der Waals surface area (Å²) in [6, 6.07) is 4.30. The summed E-state index contributed by atoms with van der Waals surface area (Å²) in [6.45, 7) is 2.30. The first-order chi connectivity index (χ1) is 8.77. The number of nitrogens with one attached hydrogen (secondary N) is 1. The molecular formula is C11H15ClN2O2S3. The normalized spacial score (nSPS) is 13.2. The molecule has 0 heterocycles. The lowest BCUT2D eigenvalue weighted by Gasteiger charge is -2.11. The Morgan fingerprint density at radius 1 is 1.58 bits per heavy atom. The topological polar surface area (TPSA) is 72.2 Å². The Kier molecular flexibility index (Phi) is 6.07. The van der Waals surface area contributed by atoms with Crippen LogP contribution in [0.4, 0.5) is 0 Å². The maximum atomic E-state index is 12.0. The molecule has 0 amide bonds. The summed E-state index contributed by atoms with van der Waals surface area (Å²) >= 11 is 12.4. The van der Waals surface area contributed by atoms with Gasteiger partial charge in [0, 0.05) is 17.4 Å². The highest BCUT2D eigenvalue weighted by molar-refractivity contribution is 7.99. The fourth-order valence-corrected chi connectivity index (χ4v) is 3.35. The lowest BCUT2D eigenvalue weighted by atomic mass is 10.2. The van der Waals surface area contributed by atoms with Crippen LogP contribution in [0.1, 0.15) is 12.5 Å². The maximum Gasteiger partial charge on any atom is 0.240 e. The molecule has 8 heteroatoms. The van der Waals surface area contributed by atoms with E-state index >= 15 is 0 Å². The van der Waals surface area contributed by atoms with E-state index in [1.165, 1.54) is 18.2 Å². The largest absolute Gasteiger partial charge is 0.389 e. The third kappa shape index (κ3) is 4.61. The quantitative estimate of drug-likeness (QED) is 0.776. The van der Waals surface area contributed by atoms with Crippen LogP contribution in [0.25, 0.3) is 0 Å². The van der Waals surface area contributed by atoms with Crippen LogP contribution in [0.15, 0.2) is 23.1 Å². The lowest BCUT2D eigenvalue weighted by Crippen LogP contribution is -2.29. The first-order valence-electron chi connectivity index (χ1n) is 5.39. The van der Waals surface area contributed by atoms with Gasteiger partial charge < -0.3 is 5.73 Å². The molecule has 0 aliphatic heterocycles. The molecule has 0 fully saturated rings. The fourth-order valence-electron chi connectivity index (χ4n) is 1.26. The third-order valence-electron chi connectivity index (χ3n) is 2.48. The molecule has 4 nitrogen and oxygen atoms in total. The molecule has 1 aromatic carbocycles. The van der Waals surface area contributed by atoms with E-state index in [9.17, 15) is 8.42 Å². The van der Waals surface area contributed by atoms with E-state index in [2.05, 4.69) is 4.72 Å². The molecule has 19 heavy (non-hydrogen) atoms.